The molecule has 0 spiro atoms. The van der Waals surface area contributed by atoms with Crippen molar-refractivity contribution in [2.24, 2.45) is 5.92 Å². The fourth-order valence-corrected chi connectivity index (χ4v) is 3.36. The van der Waals surface area contributed by atoms with E-state index in [4.69, 9.17) is 0 Å². The minimum atomic E-state index is 0.650. The van der Waals surface area contributed by atoms with Crippen molar-refractivity contribution in [1.82, 2.24) is 10.2 Å². The number of likely N-dealkylation sites (N-methyl/N-ethyl adjacent to an activating group) is 2. The van der Waals surface area contributed by atoms with E-state index in [1.54, 1.807) is 0 Å². The molecule has 0 aliphatic heterocycles. The Balaban J connectivity index is 1.87. The van der Waals surface area contributed by atoms with Gasteiger partial charge in [0, 0.05) is 19.1 Å². The first-order valence-corrected chi connectivity index (χ1v) is 7.60. The Morgan fingerprint density at radius 1 is 1.32 bits per heavy atom. The molecule has 2 heteroatoms. The number of hydrogen-bond donors (Lipinski definition) is 1. The molecule has 0 bridgehead atoms. The summed E-state index contributed by atoms with van der Waals surface area (Å²) in [6.07, 6.45) is 5.66. The second-order valence-electron chi connectivity index (χ2n) is 6.13. The third kappa shape index (κ3) is 4.32. The molecule has 0 aromatic heterocycles. The van der Waals surface area contributed by atoms with Crippen molar-refractivity contribution in [3.63, 3.8) is 0 Å². The van der Waals surface area contributed by atoms with Gasteiger partial charge in [0.15, 0.2) is 0 Å². The standard InChI is InChI=1S/C17H28N2/c1-14-7-6-8-15(11-14)12-19(3)13-17(18-2)16-9-4-5-10-16/h6-8,11,16-18H,4-5,9-10,12-13H2,1-3H3. The SMILES string of the molecule is CNC(CN(C)Cc1cccc(C)c1)C1CCCC1. The van der Waals surface area contributed by atoms with Gasteiger partial charge in [-0.25, -0.2) is 0 Å². The number of rotatable bonds is 6. The lowest BCUT2D eigenvalue weighted by molar-refractivity contribution is 0.243. The molecule has 1 fully saturated rings. The van der Waals surface area contributed by atoms with Crippen LogP contribution in [0.1, 0.15) is 36.8 Å². The zero-order valence-corrected chi connectivity index (χ0v) is 12.7. The van der Waals surface area contributed by atoms with Gasteiger partial charge in [0.1, 0.15) is 0 Å². The predicted molar refractivity (Wildman–Crippen MR) is 82.3 cm³/mol. The number of hydrogen-bond acceptors (Lipinski definition) is 2. The molecule has 19 heavy (non-hydrogen) atoms. The molecule has 1 aliphatic carbocycles. The molecular weight excluding hydrogens is 232 g/mol. The summed E-state index contributed by atoms with van der Waals surface area (Å²) < 4.78 is 0. The maximum absolute atomic E-state index is 3.53. The monoisotopic (exact) mass is 260 g/mol. The molecule has 0 radical (unpaired) electrons. The zero-order valence-electron chi connectivity index (χ0n) is 12.7. The molecule has 1 aromatic carbocycles. The van der Waals surface area contributed by atoms with Gasteiger partial charge in [-0.2, -0.15) is 0 Å². The molecule has 0 amide bonds. The Labute approximate surface area is 118 Å². The van der Waals surface area contributed by atoms with Crippen LogP contribution < -0.4 is 5.32 Å². The first kappa shape index (κ1) is 14.5. The van der Waals surface area contributed by atoms with Gasteiger partial charge in [-0.3, -0.25) is 0 Å². The number of nitrogens with one attached hydrogen (secondary N) is 1. The van der Waals surface area contributed by atoms with Crippen LogP contribution in [0.5, 0.6) is 0 Å². The van der Waals surface area contributed by atoms with Crippen LogP contribution in [-0.4, -0.2) is 31.6 Å². The van der Waals surface area contributed by atoms with Crippen molar-refractivity contribution in [2.45, 2.75) is 45.2 Å². The zero-order chi connectivity index (χ0) is 13.7. The van der Waals surface area contributed by atoms with Crippen molar-refractivity contribution in [2.75, 3.05) is 20.6 Å². The quantitative estimate of drug-likeness (QED) is 0.845. The highest BCUT2D eigenvalue weighted by molar-refractivity contribution is 5.22. The number of benzene rings is 1. The van der Waals surface area contributed by atoms with E-state index in [1.165, 1.54) is 36.8 Å². The lowest BCUT2D eigenvalue weighted by atomic mass is 9.97. The van der Waals surface area contributed by atoms with Crippen molar-refractivity contribution >= 4 is 0 Å². The largest absolute Gasteiger partial charge is 0.315 e. The third-order valence-electron chi connectivity index (χ3n) is 4.38. The van der Waals surface area contributed by atoms with Crippen LogP contribution in [0.2, 0.25) is 0 Å². The van der Waals surface area contributed by atoms with Gasteiger partial charge in [-0.05, 0) is 45.3 Å². The van der Waals surface area contributed by atoms with E-state index in [9.17, 15) is 0 Å². The molecule has 2 rings (SSSR count). The highest BCUT2D eigenvalue weighted by Crippen LogP contribution is 2.28. The smallest absolute Gasteiger partial charge is 0.0231 e. The highest BCUT2D eigenvalue weighted by atomic mass is 15.1. The first-order valence-electron chi connectivity index (χ1n) is 7.60. The second kappa shape index (κ2) is 7.06. The van der Waals surface area contributed by atoms with E-state index in [-0.39, 0.29) is 0 Å². The van der Waals surface area contributed by atoms with E-state index in [1.807, 2.05) is 0 Å². The fraction of sp³-hybridized carbons (Fsp3) is 0.647. The maximum atomic E-state index is 3.53. The van der Waals surface area contributed by atoms with Crippen molar-refractivity contribution in [3.8, 4) is 0 Å². The van der Waals surface area contributed by atoms with Crippen LogP contribution in [0.3, 0.4) is 0 Å². The first-order chi connectivity index (χ1) is 9.19. The summed E-state index contributed by atoms with van der Waals surface area (Å²) in [6.45, 7) is 4.36. The average Bonchev–Trinajstić information content (AvgIpc) is 2.89. The normalized spacial score (nSPS) is 18.1. The van der Waals surface area contributed by atoms with Gasteiger partial charge < -0.3 is 10.2 Å². The summed E-state index contributed by atoms with van der Waals surface area (Å²) in [5, 5.41) is 3.53. The van der Waals surface area contributed by atoms with E-state index in [2.05, 4.69) is 55.5 Å². The van der Waals surface area contributed by atoms with E-state index in [0.29, 0.717) is 6.04 Å². The van der Waals surface area contributed by atoms with Crippen LogP contribution in [-0.2, 0) is 6.54 Å². The molecule has 1 unspecified atom stereocenters. The van der Waals surface area contributed by atoms with Gasteiger partial charge in [0.2, 0.25) is 0 Å². The molecule has 2 nitrogen and oxygen atoms in total. The molecule has 0 saturated heterocycles. The van der Waals surface area contributed by atoms with Crippen LogP contribution >= 0.6 is 0 Å². The van der Waals surface area contributed by atoms with Crippen LogP contribution in [0.4, 0.5) is 0 Å². The van der Waals surface area contributed by atoms with Crippen LogP contribution in [0, 0.1) is 12.8 Å². The predicted octanol–water partition coefficient (Wildman–Crippen LogP) is 3.21. The Hall–Kier alpha value is -0.860. The molecule has 106 valence electrons. The van der Waals surface area contributed by atoms with E-state index in [0.717, 1.165) is 19.0 Å². The second-order valence-corrected chi connectivity index (χ2v) is 6.13. The van der Waals surface area contributed by atoms with Gasteiger partial charge in [0.05, 0.1) is 0 Å². The van der Waals surface area contributed by atoms with Gasteiger partial charge >= 0.3 is 0 Å². The Kier molecular flexibility index (Phi) is 5.41. The molecule has 0 heterocycles. The Morgan fingerprint density at radius 2 is 2.05 bits per heavy atom. The molecular formula is C17H28N2. The molecule has 1 atom stereocenters. The van der Waals surface area contributed by atoms with Gasteiger partial charge in [0.25, 0.3) is 0 Å². The summed E-state index contributed by atoms with van der Waals surface area (Å²) in [7, 11) is 4.35. The fourth-order valence-electron chi connectivity index (χ4n) is 3.36. The molecule has 1 aliphatic rings. The van der Waals surface area contributed by atoms with E-state index < -0.39 is 0 Å². The minimum Gasteiger partial charge on any atom is -0.315 e. The van der Waals surface area contributed by atoms with E-state index >= 15 is 0 Å². The van der Waals surface area contributed by atoms with Gasteiger partial charge in [-0.1, -0.05) is 42.7 Å². The summed E-state index contributed by atoms with van der Waals surface area (Å²) in [6, 6.07) is 9.49. The topological polar surface area (TPSA) is 15.3 Å². The van der Waals surface area contributed by atoms with Crippen LogP contribution in [0.25, 0.3) is 0 Å². The Bertz CT molecular complexity index is 383. The molecule has 1 saturated carbocycles. The Morgan fingerprint density at radius 3 is 2.68 bits per heavy atom. The minimum absolute atomic E-state index is 0.650. The molecule has 1 aromatic rings. The highest BCUT2D eigenvalue weighted by Gasteiger charge is 2.24. The molecule has 1 N–H and O–H groups in total. The van der Waals surface area contributed by atoms with Gasteiger partial charge in [-0.15, -0.1) is 0 Å². The lowest BCUT2D eigenvalue weighted by Crippen LogP contribution is -2.42. The summed E-state index contributed by atoms with van der Waals surface area (Å²) in [5.41, 5.74) is 2.77. The van der Waals surface area contributed by atoms with Crippen molar-refractivity contribution < 1.29 is 0 Å². The third-order valence-corrected chi connectivity index (χ3v) is 4.38. The number of nitrogens with zero attached hydrogens (tertiary/aromatic N) is 1. The summed E-state index contributed by atoms with van der Waals surface area (Å²) in [4.78, 5) is 2.45. The number of aryl methyl sites for hydroxylation is 1. The maximum Gasteiger partial charge on any atom is 0.0231 e. The van der Waals surface area contributed by atoms with Crippen LogP contribution in [0.15, 0.2) is 24.3 Å². The van der Waals surface area contributed by atoms with Crippen molar-refractivity contribution in [3.05, 3.63) is 35.4 Å². The summed E-state index contributed by atoms with van der Waals surface area (Å²) >= 11 is 0. The van der Waals surface area contributed by atoms with Crippen molar-refractivity contribution in [1.29, 1.82) is 0 Å². The summed E-state index contributed by atoms with van der Waals surface area (Å²) in [5.74, 6) is 0.880. The average molecular weight is 260 g/mol. The lowest BCUT2D eigenvalue weighted by Gasteiger charge is -2.28.